The third kappa shape index (κ3) is 7.59. The lowest BCUT2D eigenvalue weighted by Gasteiger charge is -2.16. The highest BCUT2D eigenvalue weighted by Gasteiger charge is 2.28. The molecule has 2 aromatic rings. The van der Waals surface area contributed by atoms with Crippen molar-refractivity contribution in [2.24, 2.45) is 10.9 Å². The van der Waals surface area contributed by atoms with E-state index < -0.39 is 0 Å². The minimum absolute atomic E-state index is 0.244. The van der Waals surface area contributed by atoms with E-state index in [0.29, 0.717) is 19.6 Å². The number of guanidine groups is 1. The molecular formula is C26H36N4O2. The number of carbonyl (C=O) groups is 1. The lowest BCUT2D eigenvalue weighted by atomic mass is 10.1. The fourth-order valence-electron chi connectivity index (χ4n) is 3.95. The monoisotopic (exact) mass is 436 g/mol. The van der Waals surface area contributed by atoms with Crippen LogP contribution in [0.2, 0.25) is 0 Å². The van der Waals surface area contributed by atoms with Gasteiger partial charge >= 0.3 is 0 Å². The fraction of sp³-hybridized carbons (Fsp3) is 0.462. The van der Waals surface area contributed by atoms with Crippen LogP contribution in [0.25, 0.3) is 0 Å². The normalized spacial score (nSPS) is 16.3. The molecule has 0 aliphatic carbocycles. The molecule has 2 N–H and O–H groups in total. The van der Waals surface area contributed by atoms with Crippen molar-refractivity contribution >= 4 is 11.9 Å². The quantitative estimate of drug-likeness (QED) is 0.419. The van der Waals surface area contributed by atoms with Gasteiger partial charge in [-0.15, -0.1) is 0 Å². The standard InChI is InChI=1S/C26H36N4O2/c1-3-27-26(28-15-13-22-11-8-12-24(17-22)32-4-2)29-19-23-18-25(31)30(20-23)16-14-21-9-6-5-7-10-21/h5-12,17,23H,3-4,13-16,18-20H2,1-2H3,(H2,27,28,29). The zero-order valence-electron chi connectivity index (χ0n) is 19.3. The van der Waals surface area contributed by atoms with Crippen molar-refractivity contribution in [2.75, 3.05) is 39.3 Å². The number of likely N-dealkylation sites (tertiary alicyclic amines) is 1. The number of ether oxygens (including phenoxy) is 1. The van der Waals surface area contributed by atoms with Crippen LogP contribution in [-0.4, -0.2) is 56.1 Å². The number of aliphatic imine (C=N–C) groups is 1. The van der Waals surface area contributed by atoms with E-state index in [1.165, 1.54) is 11.1 Å². The molecule has 1 amide bonds. The second kappa shape index (κ2) is 12.7. The van der Waals surface area contributed by atoms with Gasteiger partial charge in [-0.3, -0.25) is 9.79 Å². The van der Waals surface area contributed by atoms with Crippen LogP contribution < -0.4 is 15.4 Å². The zero-order chi connectivity index (χ0) is 22.6. The van der Waals surface area contributed by atoms with Gasteiger partial charge in [-0.05, 0) is 49.9 Å². The summed E-state index contributed by atoms with van der Waals surface area (Å²) in [5.41, 5.74) is 2.50. The predicted octanol–water partition coefficient (Wildman–Crippen LogP) is 3.27. The minimum Gasteiger partial charge on any atom is -0.494 e. The molecule has 1 fully saturated rings. The van der Waals surface area contributed by atoms with Crippen LogP contribution in [0.5, 0.6) is 5.75 Å². The summed E-state index contributed by atoms with van der Waals surface area (Å²) in [6.07, 6.45) is 2.37. The molecule has 1 unspecified atom stereocenters. The number of rotatable bonds is 11. The zero-order valence-corrected chi connectivity index (χ0v) is 19.3. The largest absolute Gasteiger partial charge is 0.494 e. The molecule has 0 aromatic heterocycles. The molecule has 2 aromatic carbocycles. The van der Waals surface area contributed by atoms with Gasteiger partial charge in [0.2, 0.25) is 5.91 Å². The van der Waals surface area contributed by atoms with Crippen LogP contribution in [0.1, 0.15) is 31.4 Å². The molecule has 1 aliphatic rings. The van der Waals surface area contributed by atoms with Crippen LogP contribution in [0.3, 0.4) is 0 Å². The summed E-state index contributed by atoms with van der Waals surface area (Å²) in [7, 11) is 0. The summed E-state index contributed by atoms with van der Waals surface area (Å²) in [5, 5.41) is 6.72. The number of carbonyl (C=O) groups excluding carboxylic acids is 1. The minimum atomic E-state index is 0.244. The summed E-state index contributed by atoms with van der Waals surface area (Å²) < 4.78 is 5.58. The van der Waals surface area contributed by atoms with Crippen LogP contribution in [0, 0.1) is 5.92 Å². The van der Waals surface area contributed by atoms with Crippen molar-refractivity contribution < 1.29 is 9.53 Å². The molecule has 1 heterocycles. The molecule has 172 valence electrons. The number of hydrogen-bond donors (Lipinski definition) is 2. The van der Waals surface area contributed by atoms with Gasteiger partial charge in [0.1, 0.15) is 5.75 Å². The average molecular weight is 437 g/mol. The van der Waals surface area contributed by atoms with Crippen molar-refractivity contribution in [2.45, 2.75) is 33.1 Å². The Hall–Kier alpha value is -3.02. The van der Waals surface area contributed by atoms with E-state index in [1.54, 1.807) is 0 Å². The van der Waals surface area contributed by atoms with E-state index in [9.17, 15) is 4.79 Å². The smallest absolute Gasteiger partial charge is 0.223 e. The lowest BCUT2D eigenvalue weighted by Crippen LogP contribution is -2.38. The maximum atomic E-state index is 12.4. The van der Waals surface area contributed by atoms with Crippen LogP contribution in [0.4, 0.5) is 0 Å². The summed E-state index contributed by atoms with van der Waals surface area (Å²) in [6.45, 7) is 8.55. The highest BCUT2D eigenvalue weighted by Crippen LogP contribution is 2.18. The second-order valence-corrected chi connectivity index (χ2v) is 8.12. The maximum absolute atomic E-state index is 12.4. The van der Waals surface area contributed by atoms with E-state index in [1.807, 2.05) is 42.2 Å². The average Bonchev–Trinajstić information content (AvgIpc) is 3.16. The highest BCUT2D eigenvalue weighted by atomic mass is 16.5. The Kier molecular flexibility index (Phi) is 9.41. The molecule has 0 bridgehead atoms. The van der Waals surface area contributed by atoms with Gasteiger partial charge in [0, 0.05) is 45.1 Å². The topological polar surface area (TPSA) is 66.0 Å². The molecule has 1 atom stereocenters. The number of hydrogen-bond acceptors (Lipinski definition) is 3. The molecule has 32 heavy (non-hydrogen) atoms. The molecule has 0 saturated carbocycles. The predicted molar refractivity (Wildman–Crippen MR) is 130 cm³/mol. The Bertz CT molecular complexity index is 869. The molecule has 6 heteroatoms. The van der Waals surface area contributed by atoms with Gasteiger partial charge < -0.3 is 20.3 Å². The summed E-state index contributed by atoms with van der Waals surface area (Å²) in [5.74, 6) is 2.24. The molecule has 0 radical (unpaired) electrons. The van der Waals surface area contributed by atoms with Crippen molar-refractivity contribution in [3.05, 3.63) is 65.7 Å². The van der Waals surface area contributed by atoms with Gasteiger partial charge in [-0.25, -0.2) is 0 Å². The lowest BCUT2D eigenvalue weighted by molar-refractivity contribution is -0.127. The van der Waals surface area contributed by atoms with E-state index in [0.717, 1.165) is 50.7 Å². The Balaban J connectivity index is 1.45. The van der Waals surface area contributed by atoms with Gasteiger partial charge in [0.25, 0.3) is 0 Å². The van der Waals surface area contributed by atoms with Gasteiger partial charge in [-0.2, -0.15) is 0 Å². The molecule has 6 nitrogen and oxygen atoms in total. The molecule has 1 saturated heterocycles. The Morgan fingerprint density at radius 3 is 2.66 bits per heavy atom. The molecule has 3 rings (SSSR count). The van der Waals surface area contributed by atoms with Crippen LogP contribution >= 0.6 is 0 Å². The van der Waals surface area contributed by atoms with Crippen molar-refractivity contribution in [3.8, 4) is 5.75 Å². The maximum Gasteiger partial charge on any atom is 0.223 e. The number of nitrogens with one attached hydrogen (secondary N) is 2. The first-order chi connectivity index (χ1) is 15.7. The van der Waals surface area contributed by atoms with Crippen molar-refractivity contribution in [3.63, 3.8) is 0 Å². The van der Waals surface area contributed by atoms with E-state index >= 15 is 0 Å². The number of nitrogens with zero attached hydrogens (tertiary/aromatic N) is 2. The number of amides is 1. The summed E-state index contributed by atoms with van der Waals surface area (Å²) in [4.78, 5) is 19.2. The van der Waals surface area contributed by atoms with Gasteiger partial charge in [0.05, 0.1) is 6.61 Å². The first-order valence-electron chi connectivity index (χ1n) is 11.7. The molecule has 0 spiro atoms. The van der Waals surface area contributed by atoms with E-state index in [-0.39, 0.29) is 11.8 Å². The molecular weight excluding hydrogens is 400 g/mol. The van der Waals surface area contributed by atoms with Crippen molar-refractivity contribution in [1.29, 1.82) is 0 Å². The van der Waals surface area contributed by atoms with Gasteiger partial charge in [-0.1, -0.05) is 42.5 Å². The second-order valence-electron chi connectivity index (χ2n) is 8.12. The summed E-state index contributed by atoms with van der Waals surface area (Å²) >= 11 is 0. The van der Waals surface area contributed by atoms with E-state index in [4.69, 9.17) is 9.73 Å². The first kappa shape index (κ1) is 23.6. The van der Waals surface area contributed by atoms with Gasteiger partial charge in [0.15, 0.2) is 5.96 Å². The fourth-order valence-corrected chi connectivity index (χ4v) is 3.95. The summed E-state index contributed by atoms with van der Waals surface area (Å²) in [6, 6.07) is 18.6. The third-order valence-corrected chi connectivity index (χ3v) is 5.58. The Morgan fingerprint density at radius 1 is 1.06 bits per heavy atom. The first-order valence-corrected chi connectivity index (χ1v) is 11.7. The SMILES string of the molecule is CCNC(=NCC1CC(=O)N(CCc2ccccc2)C1)NCCc1cccc(OCC)c1. The Labute approximate surface area is 192 Å². The van der Waals surface area contributed by atoms with Crippen LogP contribution in [0.15, 0.2) is 59.6 Å². The highest BCUT2D eigenvalue weighted by molar-refractivity contribution is 5.80. The van der Waals surface area contributed by atoms with Crippen molar-refractivity contribution in [1.82, 2.24) is 15.5 Å². The Morgan fingerprint density at radius 2 is 1.88 bits per heavy atom. The van der Waals surface area contributed by atoms with E-state index in [2.05, 4.69) is 41.8 Å². The third-order valence-electron chi connectivity index (χ3n) is 5.58. The van der Waals surface area contributed by atoms with Crippen LogP contribution in [-0.2, 0) is 17.6 Å². The number of benzene rings is 2. The molecule has 1 aliphatic heterocycles.